The molecule has 0 N–H and O–H groups in total. The van der Waals surface area contributed by atoms with E-state index < -0.39 is 0 Å². The Hall–Kier alpha value is -3.00. The molecular formula is C20H18N2O3. The lowest BCUT2D eigenvalue weighted by atomic mass is 9.98. The van der Waals surface area contributed by atoms with Crippen molar-refractivity contribution in [3.8, 4) is 28.7 Å². The number of amides is 1. The average Bonchev–Trinajstić information content (AvgIpc) is 3.15. The summed E-state index contributed by atoms with van der Waals surface area (Å²) in [6, 6.07) is 15.7. The van der Waals surface area contributed by atoms with Gasteiger partial charge in [0, 0.05) is 18.7 Å². The van der Waals surface area contributed by atoms with E-state index in [1.165, 1.54) is 0 Å². The molecule has 0 spiro atoms. The number of carbonyl (C=O) groups excluding carboxylic acids is 1. The SMILES string of the molecule is N#C[C@@H]1CCCN(C(=O)c2ccc(-c3ccc4c(c3)OCO4)cc2)C1. The Labute approximate surface area is 146 Å². The second-order valence-electron chi connectivity index (χ2n) is 6.36. The zero-order valence-electron chi connectivity index (χ0n) is 13.8. The number of nitriles is 1. The van der Waals surface area contributed by atoms with Gasteiger partial charge in [0.1, 0.15) is 0 Å². The first kappa shape index (κ1) is 15.5. The molecule has 1 fully saturated rings. The Morgan fingerprint density at radius 1 is 1.08 bits per heavy atom. The van der Waals surface area contributed by atoms with Crippen LogP contribution in [0.2, 0.25) is 0 Å². The highest BCUT2D eigenvalue weighted by Crippen LogP contribution is 2.36. The van der Waals surface area contributed by atoms with Crippen LogP contribution in [0.5, 0.6) is 11.5 Å². The molecule has 2 aliphatic rings. The van der Waals surface area contributed by atoms with Gasteiger partial charge in [-0.05, 0) is 48.2 Å². The van der Waals surface area contributed by atoms with Crippen LogP contribution in [0.3, 0.4) is 0 Å². The summed E-state index contributed by atoms with van der Waals surface area (Å²) in [6.45, 7) is 1.51. The predicted octanol–water partition coefficient (Wildman–Crippen LogP) is 3.46. The third-order valence-electron chi connectivity index (χ3n) is 4.73. The van der Waals surface area contributed by atoms with Gasteiger partial charge in [0.15, 0.2) is 11.5 Å². The summed E-state index contributed by atoms with van der Waals surface area (Å²) in [7, 11) is 0. The maximum absolute atomic E-state index is 12.6. The maximum atomic E-state index is 12.6. The van der Waals surface area contributed by atoms with Gasteiger partial charge >= 0.3 is 0 Å². The van der Waals surface area contributed by atoms with E-state index in [9.17, 15) is 4.79 Å². The first-order valence-corrected chi connectivity index (χ1v) is 8.43. The van der Waals surface area contributed by atoms with E-state index in [2.05, 4.69) is 6.07 Å². The molecule has 0 aliphatic carbocycles. The normalized spacial score (nSPS) is 18.7. The molecular weight excluding hydrogens is 316 g/mol. The van der Waals surface area contributed by atoms with Gasteiger partial charge in [-0.1, -0.05) is 18.2 Å². The number of rotatable bonds is 2. The monoisotopic (exact) mass is 334 g/mol. The van der Waals surface area contributed by atoms with Crippen LogP contribution in [0.4, 0.5) is 0 Å². The van der Waals surface area contributed by atoms with Crippen LogP contribution in [0.15, 0.2) is 42.5 Å². The van der Waals surface area contributed by atoms with Crippen LogP contribution < -0.4 is 9.47 Å². The number of nitrogens with zero attached hydrogens (tertiary/aromatic N) is 2. The lowest BCUT2D eigenvalue weighted by Crippen LogP contribution is -2.39. The van der Waals surface area contributed by atoms with Crippen molar-refractivity contribution in [2.75, 3.05) is 19.9 Å². The molecule has 0 bridgehead atoms. The highest BCUT2D eigenvalue weighted by atomic mass is 16.7. The molecule has 4 rings (SSSR count). The first-order valence-electron chi connectivity index (χ1n) is 8.43. The minimum absolute atomic E-state index is 0.00260. The number of likely N-dealkylation sites (tertiary alicyclic amines) is 1. The van der Waals surface area contributed by atoms with Crippen LogP contribution in [0.1, 0.15) is 23.2 Å². The third-order valence-corrected chi connectivity index (χ3v) is 4.73. The van der Waals surface area contributed by atoms with Crippen molar-refractivity contribution >= 4 is 5.91 Å². The number of piperidine rings is 1. The zero-order valence-corrected chi connectivity index (χ0v) is 13.8. The van der Waals surface area contributed by atoms with E-state index in [4.69, 9.17) is 14.7 Å². The number of fused-ring (bicyclic) bond motifs is 1. The minimum Gasteiger partial charge on any atom is -0.454 e. The number of hydrogen-bond acceptors (Lipinski definition) is 4. The first-order chi connectivity index (χ1) is 12.2. The lowest BCUT2D eigenvalue weighted by Gasteiger charge is -2.29. The molecule has 2 aromatic carbocycles. The van der Waals surface area contributed by atoms with Crippen LogP contribution >= 0.6 is 0 Å². The van der Waals surface area contributed by atoms with E-state index >= 15 is 0 Å². The number of benzene rings is 2. The van der Waals surface area contributed by atoms with Crippen molar-refractivity contribution in [2.45, 2.75) is 12.8 Å². The van der Waals surface area contributed by atoms with E-state index in [0.29, 0.717) is 12.1 Å². The molecule has 1 amide bonds. The van der Waals surface area contributed by atoms with E-state index in [-0.39, 0.29) is 18.6 Å². The van der Waals surface area contributed by atoms with Gasteiger partial charge in [-0.25, -0.2) is 0 Å². The molecule has 5 nitrogen and oxygen atoms in total. The summed E-state index contributed by atoms with van der Waals surface area (Å²) < 4.78 is 10.7. The fourth-order valence-electron chi connectivity index (χ4n) is 3.33. The Bertz CT molecular complexity index is 839. The smallest absolute Gasteiger partial charge is 0.253 e. The summed E-state index contributed by atoms with van der Waals surface area (Å²) in [5, 5.41) is 9.08. The lowest BCUT2D eigenvalue weighted by molar-refractivity contribution is 0.0699. The highest BCUT2D eigenvalue weighted by Gasteiger charge is 2.24. The van der Waals surface area contributed by atoms with Crippen LogP contribution in [-0.2, 0) is 0 Å². The average molecular weight is 334 g/mol. The van der Waals surface area contributed by atoms with Gasteiger partial charge in [-0.3, -0.25) is 4.79 Å². The molecule has 2 aromatic rings. The van der Waals surface area contributed by atoms with Crippen molar-refractivity contribution < 1.29 is 14.3 Å². The molecule has 126 valence electrons. The predicted molar refractivity (Wildman–Crippen MR) is 92.2 cm³/mol. The van der Waals surface area contributed by atoms with Crippen molar-refractivity contribution in [3.05, 3.63) is 48.0 Å². The molecule has 1 atom stereocenters. The van der Waals surface area contributed by atoms with Crippen LogP contribution in [0.25, 0.3) is 11.1 Å². The van der Waals surface area contributed by atoms with E-state index in [0.717, 1.165) is 42.0 Å². The second-order valence-corrected chi connectivity index (χ2v) is 6.36. The summed E-state index contributed by atoms with van der Waals surface area (Å²) >= 11 is 0. The molecule has 0 saturated carbocycles. The van der Waals surface area contributed by atoms with Crippen molar-refractivity contribution in [2.24, 2.45) is 5.92 Å². The Balaban J connectivity index is 1.52. The van der Waals surface area contributed by atoms with E-state index in [1.807, 2.05) is 42.5 Å². The van der Waals surface area contributed by atoms with Crippen molar-refractivity contribution in [1.29, 1.82) is 5.26 Å². The molecule has 2 aliphatic heterocycles. The summed E-state index contributed by atoms with van der Waals surface area (Å²) in [5.74, 6) is 1.45. The van der Waals surface area contributed by atoms with Gasteiger partial charge in [0.2, 0.25) is 6.79 Å². The van der Waals surface area contributed by atoms with Crippen molar-refractivity contribution in [1.82, 2.24) is 4.90 Å². The summed E-state index contributed by atoms with van der Waals surface area (Å²) in [4.78, 5) is 14.4. The zero-order chi connectivity index (χ0) is 17.2. The molecule has 25 heavy (non-hydrogen) atoms. The number of ether oxygens (including phenoxy) is 2. The molecule has 2 heterocycles. The largest absolute Gasteiger partial charge is 0.454 e. The summed E-state index contributed by atoms with van der Waals surface area (Å²) in [5.41, 5.74) is 2.69. The summed E-state index contributed by atoms with van der Waals surface area (Å²) in [6.07, 6.45) is 1.77. The minimum atomic E-state index is -0.0504. The van der Waals surface area contributed by atoms with Crippen LogP contribution in [0, 0.1) is 17.2 Å². The maximum Gasteiger partial charge on any atom is 0.253 e. The van der Waals surface area contributed by atoms with Crippen molar-refractivity contribution in [3.63, 3.8) is 0 Å². The Morgan fingerprint density at radius 3 is 2.64 bits per heavy atom. The fourth-order valence-corrected chi connectivity index (χ4v) is 3.33. The third kappa shape index (κ3) is 3.03. The quantitative estimate of drug-likeness (QED) is 0.844. The second kappa shape index (κ2) is 6.48. The van der Waals surface area contributed by atoms with Gasteiger partial charge in [0.05, 0.1) is 12.0 Å². The van der Waals surface area contributed by atoms with Gasteiger partial charge in [-0.2, -0.15) is 5.26 Å². The highest BCUT2D eigenvalue weighted by molar-refractivity contribution is 5.94. The molecule has 1 saturated heterocycles. The van der Waals surface area contributed by atoms with E-state index in [1.54, 1.807) is 4.90 Å². The molecule has 0 unspecified atom stereocenters. The molecule has 0 aromatic heterocycles. The van der Waals surface area contributed by atoms with Gasteiger partial charge < -0.3 is 14.4 Å². The van der Waals surface area contributed by atoms with Crippen LogP contribution in [-0.4, -0.2) is 30.7 Å². The number of carbonyl (C=O) groups is 1. The fraction of sp³-hybridized carbons (Fsp3) is 0.300. The standard InChI is InChI=1S/C20H18N2O3/c21-11-14-2-1-9-22(12-14)20(23)16-5-3-15(4-6-16)17-7-8-18-19(10-17)25-13-24-18/h3-8,10,14H,1-2,9,12-13H2/t14-/m0/s1. The topological polar surface area (TPSA) is 62.6 Å². The van der Waals surface area contributed by atoms with Gasteiger partial charge in [0.25, 0.3) is 5.91 Å². The molecule has 0 radical (unpaired) electrons. The Morgan fingerprint density at radius 2 is 1.84 bits per heavy atom. The molecule has 5 heteroatoms. The van der Waals surface area contributed by atoms with Gasteiger partial charge in [-0.15, -0.1) is 0 Å². The Kier molecular flexibility index (Phi) is 4.02. The number of hydrogen-bond donors (Lipinski definition) is 0.